The van der Waals surface area contributed by atoms with Gasteiger partial charge in [0, 0.05) is 25.7 Å². The summed E-state index contributed by atoms with van der Waals surface area (Å²) >= 11 is 6.29. The smallest absolute Gasteiger partial charge is 0.287 e. The van der Waals surface area contributed by atoms with Gasteiger partial charge >= 0.3 is 0 Å². The van der Waals surface area contributed by atoms with E-state index in [2.05, 4.69) is 29.2 Å². The van der Waals surface area contributed by atoms with Crippen LogP contribution >= 0.6 is 11.6 Å². The summed E-state index contributed by atoms with van der Waals surface area (Å²) in [6, 6.07) is 0.389. The molecule has 1 aliphatic rings. The number of hydrogen-bond donors (Lipinski definition) is 1. The number of aromatic nitrogens is 2. The van der Waals surface area contributed by atoms with Crippen LogP contribution in [0.2, 0.25) is 5.02 Å². The van der Waals surface area contributed by atoms with Crippen LogP contribution in [-0.4, -0.2) is 36.0 Å². The highest BCUT2D eigenvalue weighted by molar-refractivity contribution is 6.33. The molecular formula is C14H23ClN4O. The van der Waals surface area contributed by atoms with Crippen molar-refractivity contribution in [1.29, 1.82) is 0 Å². The van der Waals surface area contributed by atoms with Crippen LogP contribution in [0.5, 0.6) is 0 Å². The van der Waals surface area contributed by atoms with E-state index in [4.69, 9.17) is 11.6 Å². The molecule has 0 aromatic carbocycles. The molecule has 0 radical (unpaired) electrons. The van der Waals surface area contributed by atoms with Crippen molar-refractivity contribution < 1.29 is 0 Å². The quantitative estimate of drug-likeness (QED) is 0.900. The molecular weight excluding hydrogens is 276 g/mol. The molecule has 1 aliphatic heterocycles. The van der Waals surface area contributed by atoms with Crippen LogP contribution in [0.4, 0.5) is 5.69 Å². The first-order chi connectivity index (χ1) is 9.54. The van der Waals surface area contributed by atoms with Crippen molar-refractivity contribution in [2.45, 2.75) is 39.3 Å². The Hall–Kier alpha value is -1.07. The third kappa shape index (κ3) is 3.15. The number of hydrogen-bond acceptors (Lipinski definition) is 4. The van der Waals surface area contributed by atoms with Crippen LogP contribution in [0.15, 0.2) is 11.0 Å². The highest BCUT2D eigenvalue weighted by Gasteiger charge is 2.27. The second kappa shape index (κ2) is 6.59. The largest absolute Gasteiger partial charge is 0.365 e. The lowest BCUT2D eigenvalue weighted by Gasteiger charge is -2.27. The molecule has 1 fully saturated rings. The Morgan fingerprint density at radius 3 is 2.95 bits per heavy atom. The lowest BCUT2D eigenvalue weighted by atomic mass is 10.2. The van der Waals surface area contributed by atoms with Crippen molar-refractivity contribution in [2.24, 2.45) is 5.92 Å². The maximum absolute atomic E-state index is 12.3. The van der Waals surface area contributed by atoms with Gasteiger partial charge in [-0.2, -0.15) is 5.10 Å². The molecule has 1 aromatic rings. The number of halogens is 1. The van der Waals surface area contributed by atoms with E-state index >= 15 is 0 Å². The van der Waals surface area contributed by atoms with Gasteiger partial charge in [0.25, 0.3) is 5.56 Å². The van der Waals surface area contributed by atoms with E-state index in [0.29, 0.717) is 23.5 Å². The van der Waals surface area contributed by atoms with Crippen LogP contribution in [0.1, 0.15) is 26.7 Å². The molecule has 2 rings (SSSR count). The Morgan fingerprint density at radius 2 is 2.30 bits per heavy atom. The van der Waals surface area contributed by atoms with Gasteiger partial charge in [0.15, 0.2) is 0 Å². The average Bonchev–Trinajstić information content (AvgIpc) is 2.83. The van der Waals surface area contributed by atoms with E-state index in [1.54, 1.807) is 6.20 Å². The normalized spacial score (nSPS) is 19.1. The first-order valence-electron chi connectivity index (χ1n) is 7.21. The molecule has 0 spiro atoms. The lowest BCUT2D eigenvalue weighted by Crippen LogP contribution is -2.38. The predicted octanol–water partition coefficient (Wildman–Crippen LogP) is 1.74. The number of nitrogens with zero attached hydrogens (tertiary/aromatic N) is 3. The van der Waals surface area contributed by atoms with Crippen molar-refractivity contribution >= 4 is 17.3 Å². The number of anilines is 1. The monoisotopic (exact) mass is 298 g/mol. The predicted molar refractivity (Wildman–Crippen MR) is 82.6 cm³/mol. The summed E-state index contributed by atoms with van der Waals surface area (Å²) in [6.45, 7) is 6.53. The molecule has 0 bridgehead atoms. The van der Waals surface area contributed by atoms with Crippen molar-refractivity contribution in [3.8, 4) is 0 Å². The third-order valence-corrected chi connectivity index (χ3v) is 3.99. The van der Waals surface area contributed by atoms with Gasteiger partial charge in [-0.05, 0) is 25.8 Å². The van der Waals surface area contributed by atoms with E-state index in [1.807, 2.05) is 7.05 Å². The van der Waals surface area contributed by atoms with Crippen molar-refractivity contribution in [1.82, 2.24) is 15.1 Å². The molecule has 1 unspecified atom stereocenters. The van der Waals surface area contributed by atoms with Crippen LogP contribution < -0.4 is 15.8 Å². The van der Waals surface area contributed by atoms with Crippen molar-refractivity contribution in [3.05, 3.63) is 21.6 Å². The molecule has 2 heterocycles. The van der Waals surface area contributed by atoms with E-state index < -0.39 is 0 Å². The van der Waals surface area contributed by atoms with Crippen molar-refractivity contribution in [3.63, 3.8) is 0 Å². The van der Waals surface area contributed by atoms with Gasteiger partial charge < -0.3 is 10.2 Å². The molecule has 1 saturated heterocycles. The van der Waals surface area contributed by atoms with Crippen molar-refractivity contribution in [2.75, 3.05) is 25.0 Å². The van der Waals surface area contributed by atoms with E-state index in [-0.39, 0.29) is 5.56 Å². The van der Waals surface area contributed by atoms with E-state index in [1.165, 1.54) is 4.68 Å². The number of nitrogens with one attached hydrogen (secondary N) is 1. The highest BCUT2D eigenvalue weighted by atomic mass is 35.5. The topological polar surface area (TPSA) is 50.2 Å². The molecule has 112 valence electrons. The summed E-state index contributed by atoms with van der Waals surface area (Å²) in [6.07, 6.45) is 3.98. The lowest BCUT2D eigenvalue weighted by molar-refractivity contribution is 0.463. The summed E-state index contributed by atoms with van der Waals surface area (Å²) in [4.78, 5) is 14.5. The second-order valence-electron chi connectivity index (χ2n) is 5.77. The SMILES string of the molecule is CNCC1CCCN1c1cnn(CC(C)C)c(=O)c1Cl. The Morgan fingerprint density at radius 1 is 1.55 bits per heavy atom. The zero-order valence-electron chi connectivity index (χ0n) is 12.4. The minimum atomic E-state index is -0.187. The van der Waals surface area contributed by atoms with Gasteiger partial charge in [-0.3, -0.25) is 4.79 Å². The Labute approximate surface area is 124 Å². The summed E-state index contributed by atoms with van der Waals surface area (Å²) in [5.41, 5.74) is 0.586. The molecule has 6 heteroatoms. The first kappa shape index (κ1) is 15.3. The maximum atomic E-state index is 12.3. The average molecular weight is 299 g/mol. The second-order valence-corrected chi connectivity index (χ2v) is 6.15. The molecule has 0 aliphatic carbocycles. The van der Waals surface area contributed by atoms with Crippen LogP contribution in [0.3, 0.4) is 0 Å². The maximum Gasteiger partial charge on any atom is 0.287 e. The molecule has 20 heavy (non-hydrogen) atoms. The molecule has 1 atom stereocenters. The number of rotatable bonds is 5. The Bertz CT molecular complexity index is 514. The zero-order valence-corrected chi connectivity index (χ0v) is 13.2. The zero-order chi connectivity index (χ0) is 14.7. The number of likely N-dealkylation sites (N-methyl/N-ethyl adjacent to an activating group) is 1. The van der Waals surface area contributed by atoms with Crippen LogP contribution in [0.25, 0.3) is 0 Å². The third-order valence-electron chi connectivity index (χ3n) is 3.63. The fraction of sp³-hybridized carbons (Fsp3) is 0.714. The Balaban J connectivity index is 2.29. The van der Waals surface area contributed by atoms with Gasteiger partial charge in [0.1, 0.15) is 5.02 Å². The summed E-state index contributed by atoms with van der Waals surface area (Å²) < 4.78 is 1.46. The summed E-state index contributed by atoms with van der Waals surface area (Å²) in [5, 5.41) is 7.76. The minimum absolute atomic E-state index is 0.187. The highest BCUT2D eigenvalue weighted by Crippen LogP contribution is 2.28. The van der Waals surface area contributed by atoms with E-state index in [9.17, 15) is 4.79 Å². The summed E-state index contributed by atoms with van der Waals surface area (Å²) in [7, 11) is 1.94. The molecule has 1 N–H and O–H groups in total. The molecule has 5 nitrogen and oxygen atoms in total. The van der Waals surface area contributed by atoms with Gasteiger partial charge in [0.2, 0.25) is 0 Å². The minimum Gasteiger partial charge on any atom is -0.365 e. The van der Waals surface area contributed by atoms with Gasteiger partial charge in [0.05, 0.1) is 11.9 Å². The molecule has 1 aromatic heterocycles. The Kier molecular flexibility index (Phi) is 5.05. The van der Waals surface area contributed by atoms with Gasteiger partial charge in [-0.25, -0.2) is 4.68 Å². The first-order valence-corrected chi connectivity index (χ1v) is 7.59. The summed E-state index contributed by atoms with van der Waals surface area (Å²) in [5.74, 6) is 0.367. The van der Waals surface area contributed by atoms with Gasteiger partial charge in [-0.15, -0.1) is 0 Å². The molecule has 0 amide bonds. The van der Waals surface area contributed by atoms with Crippen LogP contribution in [-0.2, 0) is 6.54 Å². The standard InChI is InChI=1S/C14H23ClN4O/c1-10(2)9-19-14(20)13(15)12(8-17-19)18-6-4-5-11(18)7-16-3/h8,10-11,16H,4-7,9H2,1-3H3. The fourth-order valence-corrected chi connectivity index (χ4v) is 2.99. The fourth-order valence-electron chi connectivity index (χ4n) is 2.73. The molecule has 0 saturated carbocycles. The van der Waals surface area contributed by atoms with Gasteiger partial charge in [-0.1, -0.05) is 25.4 Å². The van der Waals surface area contributed by atoms with Crippen LogP contribution in [0, 0.1) is 5.92 Å². The van der Waals surface area contributed by atoms with E-state index in [0.717, 1.165) is 31.6 Å².